The normalized spacial score (nSPS) is 13.1. The van der Waals surface area contributed by atoms with Crippen LogP contribution in [-0.4, -0.2) is 26.2 Å². The predicted molar refractivity (Wildman–Crippen MR) is 119 cm³/mol. The zero-order valence-electron chi connectivity index (χ0n) is 18.0. The van der Waals surface area contributed by atoms with Crippen LogP contribution in [0.15, 0.2) is 78.2 Å². The van der Waals surface area contributed by atoms with Gasteiger partial charge >= 0.3 is 11.9 Å². The Bertz CT molecular complexity index is 1080. The molecule has 0 saturated heterocycles. The van der Waals surface area contributed by atoms with Crippen molar-refractivity contribution >= 4 is 17.6 Å². The average molecular weight is 419 g/mol. The highest BCUT2D eigenvalue weighted by Crippen LogP contribution is 2.28. The summed E-state index contributed by atoms with van der Waals surface area (Å²) in [6.07, 6.45) is 6.63. The first-order valence-electron chi connectivity index (χ1n) is 9.78. The Morgan fingerprint density at radius 1 is 0.935 bits per heavy atom. The van der Waals surface area contributed by atoms with E-state index in [9.17, 15) is 9.59 Å². The number of hydrogen-bond donors (Lipinski definition) is 0. The monoisotopic (exact) mass is 419 g/mol. The number of esters is 2. The molecule has 0 aliphatic carbocycles. The van der Waals surface area contributed by atoms with E-state index in [2.05, 4.69) is 6.07 Å². The maximum Gasteiger partial charge on any atom is 0.355 e. The molecule has 31 heavy (non-hydrogen) atoms. The van der Waals surface area contributed by atoms with E-state index in [4.69, 9.17) is 14.2 Å². The van der Waals surface area contributed by atoms with Crippen molar-refractivity contribution < 1.29 is 23.8 Å². The smallest absolute Gasteiger partial charge is 0.355 e. The number of carbonyl (C=O) groups excluding carboxylic acids is 2. The molecule has 1 heterocycles. The Labute approximate surface area is 182 Å². The van der Waals surface area contributed by atoms with E-state index in [0.29, 0.717) is 12.3 Å². The first-order valence-corrected chi connectivity index (χ1v) is 9.78. The molecule has 2 aromatic carbocycles. The fourth-order valence-corrected chi connectivity index (χ4v) is 3.28. The van der Waals surface area contributed by atoms with Crippen LogP contribution < -0.4 is 9.64 Å². The van der Waals surface area contributed by atoms with Crippen molar-refractivity contribution in [3.05, 3.63) is 94.9 Å². The minimum absolute atomic E-state index is 0.0757. The Kier molecular flexibility index (Phi) is 6.92. The van der Waals surface area contributed by atoms with Gasteiger partial charge in [0.15, 0.2) is 0 Å². The van der Waals surface area contributed by atoms with Crippen molar-refractivity contribution in [2.24, 2.45) is 0 Å². The maximum absolute atomic E-state index is 12.6. The molecule has 0 unspecified atom stereocenters. The van der Waals surface area contributed by atoms with Crippen LogP contribution in [-0.2, 0) is 25.7 Å². The van der Waals surface area contributed by atoms with E-state index in [-0.39, 0.29) is 11.3 Å². The van der Waals surface area contributed by atoms with Crippen LogP contribution in [0.2, 0.25) is 0 Å². The molecule has 0 amide bonds. The van der Waals surface area contributed by atoms with E-state index in [0.717, 1.165) is 16.9 Å². The summed E-state index contributed by atoms with van der Waals surface area (Å²) in [5.74, 6) is -0.453. The number of allylic oxidation sites excluding steroid dienone is 2. The van der Waals surface area contributed by atoms with E-state index < -0.39 is 11.9 Å². The van der Waals surface area contributed by atoms with Gasteiger partial charge in [-0.15, -0.1) is 0 Å². The van der Waals surface area contributed by atoms with Crippen molar-refractivity contribution in [1.82, 2.24) is 0 Å². The lowest BCUT2D eigenvalue weighted by molar-refractivity contribution is -0.139. The molecule has 2 aromatic rings. The lowest BCUT2D eigenvalue weighted by Gasteiger charge is -2.23. The van der Waals surface area contributed by atoms with Gasteiger partial charge in [-0.25, -0.2) is 9.59 Å². The summed E-state index contributed by atoms with van der Waals surface area (Å²) in [5.41, 5.74) is 4.02. The summed E-state index contributed by atoms with van der Waals surface area (Å²) >= 11 is 0. The molecule has 160 valence electrons. The number of hydrogen-bond acceptors (Lipinski definition) is 6. The summed E-state index contributed by atoms with van der Waals surface area (Å²) in [6, 6.07) is 13.6. The van der Waals surface area contributed by atoms with Crippen molar-refractivity contribution in [2.75, 3.05) is 19.1 Å². The molecule has 0 saturated carbocycles. The number of methoxy groups -OCH3 is 2. The molecule has 6 heteroatoms. The first kappa shape index (κ1) is 21.9. The third-order valence-corrected chi connectivity index (χ3v) is 4.80. The van der Waals surface area contributed by atoms with Crippen LogP contribution in [0.1, 0.15) is 16.7 Å². The Hall–Kier alpha value is -3.80. The van der Waals surface area contributed by atoms with E-state index in [1.165, 1.54) is 25.9 Å². The third kappa shape index (κ3) is 5.04. The van der Waals surface area contributed by atoms with E-state index in [1.54, 1.807) is 23.3 Å². The molecule has 0 bridgehead atoms. The molecule has 3 rings (SSSR count). The largest absolute Gasteiger partial charge is 0.489 e. The van der Waals surface area contributed by atoms with Gasteiger partial charge in [0.25, 0.3) is 0 Å². The fourth-order valence-electron chi connectivity index (χ4n) is 3.28. The first-order chi connectivity index (χ1) is 14.9. The molecule has 0 atom stereocenters. The predicted octanol–water partition coefficient (Wildman–Crippen LogP) is 4.37. The van der Waals surface area contributed by atoms with Crippen molar-refractivity contribution in [3.63, 3.8) is 0 Å². The Balaban J connectivity index is 1.93. The van der Waals surface area contributed by atoms with Crippen molar-refractivity contribution in [2.45, 2.75) is 20.5 Å². The lowest BCUT2D eigenvalue weighted by atomic mass is 10.1. The molecular weight excluding hydrogens is 394 g/mol. The average Bonchev–Trinajstić information content (AvgIpc) is 3.00. The topological polar surface area (TPSA) is 65.1 Å². The molecule has 6 nitrogen and oxygen atoms in total. The number of benzene rings is 2. The summed E-state index contributed by atoms with van der Waals surface area (Å²) in [5, 5.41) is 0. The van der Waals surface area contributed by atoms with E-state index >= 15 is 0 Å². The van der Waals surface area contributed by atoms with Gasteiger partial charge in [-0.1, -0.05) is 35.9 Å². The summed E-state index contributed by atoms with van der Waals surface area (Å²) in [7, 11) is 2.54. The van der Waals surface area contributed by atoms with Gasteiger partial charge in [0.05, 0.1) is 19.8 Å². The second-order valence-corrected chi connectivity index (χ2v) is 7.04. The minimum atomic E-state index is -0.645. The quantitative estimate of drug-likeness (QED) is 0.648. The SMILES string of the molecule is COC(=O)C1=C(C(=O)OC)N(c2cccc(COc3ccc(C)cc3C)c2)C=CC=C1. The van der Waals surface area contributed by atoms with E-state index in [1.807, 2.05) is 50.2 Å². The summed E-state index contributed by atoms with van der Waals surface area (Å²) < 4.78 is 15.8. The maximum atomic E-state index is 12.6. The standard InChI is InChI=1S/C25H25NO5/c1-17-11-12-22(18(2)14-17)31-16-19-8-7-9-20(15-19)26-13-6-5-10-21(24(27)29-3)23(26)25(28)30-4/h5-15H,16H2,1-4H3. The molecule has 0 radical (unpaired) electrons. The van der Waals surface area contributed by atoms with Gasteiger partial charge in [-0.3, -0.25) is 0 Å². The van der Waals surface area contributed by atoms with Crippen LogP contribution in [0.3, 0.4) is 0 Å². The third-order valence-electron chi connectivity index (χ3n) is 4.80. The van der Waals surface area contributed by atoms with Crippen LogP contribution in [0.4, 0.5) is 5.69 Å². The molecule has 1 aliphatic rings. The second-order valence-electron chi connectivity index (χ2n) is 7.04. The summed E-state index contributed by atoms with van der Waals surface area (Å²) in [4.78, 5) is 26.5. The van der Waals surface area contributed by atoms with Gasteiger partial charge in [-0.2, -0.15) is 0 Å². The minimum Gasteiger partial charge on any atom is -0.489 e. The number of ether oxygens (including phenoxy) is 3. The van der Waals surface area contributed by atoms with Gasteiger partial charge in [0, 0.05) is 11.9 Å². The molecule has 0 fully saturated rings. The molecular formula is C25H25NO5. The zero-order valence-corrected chi connectivity index (χ0v) is 18.0. The lowest BCUT2D eigenvalue weighted by Crippen LogP contribution is -2.27. The molecule has 1 aliphatic heterocycles. The molecule has 0 N–H and O–H groups in total. The molecule has 0 spiro atoms. The fraction of sp³-hybridized carbons (Fsp3) is 0.200. The number of anilines is 1. The Morgan fingerprint density at radius 3 is 2.42 bits per heavy atom. The number of carbonyl (C=O) groups is 2. The van der Waals surface area contributed by atoms with Gasteiger partial charge in [-0.05, 0) is 55.3 Å². The van der Waals surface area contributed by atoms with Crippen molar-refractivity contribution in [1.29, 1.82) is 0 Å². The van der Waals surface area contributed by atoms with Gasteiger partial charge < -0.3 is 19.1 Å². The number of rotatable bonds is 6. The van der Waals surface area contributed by atoms with Crippen molar-refractivity contribution in [3.8, 4) is 5.75 Å². The number of nitrogens with zero attached hydrogens (tertiary/aromatic N) is 1. The number of aryl methyl sites for hydroxylation is 2. The highest BCUT2D eigenvalue weighted by atomic mass is 16.5. The summed E-state index contributed by atoms with van der Waals surface area (Å²) in [6.45, 7) is 4.41. The second kappa shape index (κ2) is 9.80. The van der Waals surface area contributed by atoms with Crippen LogP contribution in [0, 0.1) is 13.8 Å². The molecule has 0 aromatic heterocycles. The Morgan fingerprint density at radius 2 is 1.71 bits per heavy atom. The van der Waals surface area contributed by atoms with Crippen LogP contribution in [0.25, 0.3) is 0 Å². The highest BCUT2D eigenvalue weighted by molar-refractivity contribution is 6.05. The van der Waals surface area contributed by atoms with Gasteiger partial charge in [0.1, 0.15) is 18.1 Å². The van der Waals surface area contributed by atoms with Gasteiger partial charge in [0.2, 0.25) is 0 Å². The highest BCUT2D eigenvalue weighted by Gasteiger charge is 2.27. The van der Waals surface area contributed by atoms with Crippen LogP contribution in [0.5, 0.6) is 5.75 Å². The zero-order chi connectivity index (χ0) is 22.4. The van der Waals surface area contributed by atoms with Crippen LogP contribution >= 0.6 is 0 Å².